The molecule has 4 aromatic rings. The summed E-state index contributed by atoms with van der Waals surface area (Å²) in [5.41, 5.74) is 5.65. The van der Waals surface area contributed by atoms with E-state index < -0.39 is 0 Å². The molecule has 3 aromatic heterocycles. The van der Waals surface area contributed by atoms with Crippen LogP contribution in [0.2, 0.25) is 0 Å². The maximum Gasteiger partial charge on any atom is 0.261 e. The summed E-state index contributed by atoms with van der Waals surface area (Å²) < 4.78 is 4.01. The topological polar surface area (TPSA) is 77.1 Å². The minimum atomic E-state index is -0.215. The Bertz CT molecular complexity index is 1220. The van der Waals surface area contributed by atoms with E-state index in [1.54, 1.807) is 10.7 Å². The van der Waals surface area contributed by atoms with Crippen molar-refractivity contribution in [1.29, 1.82) is 0 Å². The summed E-state index contributed by atoms with van der Waals surface area (Å²) in [6.45, 7) is 4.88. The molecular formula is C21H22N6O. The van der Waals surface area contributed by atoms with Gasteiger partial charge in [-0.2, -0.15) is 5.10 Å². The number of imidazole rings is 1. The molecule has 28 heavy (non-hydrogen) atoms. The highest BCUT2D eigenvalue weighted by Gasteiger charge is 2.17. The van der Waals surface area contributed by atoms with Gasteiger partial charge in [0, 0.05) is 30.0 Å². The molecule has 7 heteroatoms. The number of anilines is 1. The van der Waals surface area contributed by atoms with Crippen LogP contribution in [0.4, 0.5) is 5.69 Å². The fraction of sp³-hybridized carbons (Fsp3) is 0.333. The van der Waals surface area contributed by atoms with Crippen LogP contribution >= 0.6 is 0 Å². The largest absolute Gasteiger partial charge is 0.328 e. The number of carbonyl (C=O) groups excluding carboxylic acids is 1. The fourth-order valence-electron chi connectivity index (χ4n) is 4.06. The van der Waals surface area contributed by atoms with Crippen molar-refractivity contribution >= 4 is 28.3 Å². The van der Waals surface area contributed by atoms with E-state index in [9.17, 15) is 4.79 Å². The number of benzene rings is 1. The lowest BCUT2D eigenvalue weighted by Gasteiger charge is -2.06. The zero-order valence-corrected chi connectivity index (χ0v) is 16.1. The lowest BCUT2D eigenvalue weighted by Crippen LogP contribution is -2.12. The molecule has 0 spiro atoms. The normalized spacial score (nSPS) is 14.2. The molecule has 4 heterocycles. The van der Waals surface area contributed by atoms with Crippen LogP contribution in [0.1, 0.15) is 46.8 Å². The van der Waals surface area contributed by atoms with E-state index in [0.29, 0.717) is 11.2 Å². The number of nitrogens with zero attached hydrogens (tertiary/aromatic N) is 5. The third-order valence-electron chi connectivity index (χ3n) is 5.39. The van der Waals surface area contributed by atoms with Gasteiger partial charge < -0.3 is 9.88 Å². The minimum absolute atomic E-state index is 0.215. The van der Waals surface area contributed by atoms with Gasteiger partial charge in [0.05, 0.1) is 17.2 Å². The minimum Gasteiger partial charge on any atom is -0.328 e. The van der Waals surface area contributed by atoms with E-state index >= 15 is 0 Å². The van der Waals surface area contributed by atoms with Crippen LogP contribution in [0, 0.1) is 13.8 Å². The molecule has 1 aliphatic rings. The van der Waals surface area contributed by atoms with E-state index in [-0.39, 0.29) is 5.91 Å². The molecule has 0 bridgehead atoms. The van der Waals surface area contributed by atoms with Crippen LogP contribution in [0.25, 0.3) is 16.7 Å². The van der Waals surface area contributed by atoms with Gasteiger partial charge in [0.25, 0.3) is 5.91 Å². The molecular weight excluding hydrogens is 352 g/mol. The average molecular weight is 374 g/mol. The summed E-state index contributed by atoms with van der Waals surface area (Å²) in [6.07, 6.45) is 6.22. The van der Waals surface area contributed by atoms with Crippen molar-refractivity contribution in [2.75, 3.05) is 5.32 Å². The molecule has 7 nitrogen and oxygen atoms in total. The molecule has 1 N–H and O–H groups in total. The Balaban J connectivity index is 1.48. The van der Waals surface area contributed by atoms with Crippen molar-refractivity contribution < 1.29 is 4.79 Å². The Kier molecular flexibility index (Phi) is 3.89. The number of rotatable bonds is 2. The molecule has 1 aromatic carbocycles. The molecule has 0 radical (unpaired) electrons. The maximum atomic E-state index is 12.9. The number of fused-ring (bicyclic) bond motifs is 4. The molecule has 0 unspecified atom stereocenters. The standard InChI is InChI=1S/C21H22N6O/c1-13-10-14(2)27-20(23-13)16(12-22-27)21(28)24-15-7-8-18-17(11-15)25-19-6-4-3-5-9-26(18)19/h7-8,10-12H,3-6,9H2,1-2H3,(H,24,28). The second kappa shape index (κ2) is 6.44. The number of amides is 1. The summed E-state index contributed by atoms with van der Waals surface area (Å²) in [6, 6.07) is 7.88. The Labute approximate surface area is 162 Å². The third kappa shape index (κ3) is 2.74. The highest BCUT2D eigenvalue weighted by Crippen LogP contribution is 2.25. The maximum absolute atomic E-state index is 12.9. The summed E-state index contributed by atoms with van der Waals surface area (Å²) in [4.78, 5) is 22.1. The second-order valence-corrected chi connectivity index (χ2v) is 7.48. The smallest absolute Gasteiger partial charge is 0.261 e. The SMILES string of the molecule is Cc1cc(C)n2ncc(C(=O)Nc3ccc4c(c3)nc3n4CCCCC3)c2n1. The first-order valence-corrected chi connectivity index (χ1v) is 9.73. The number of nitrogens with one attached hydrogen (secondary N) is 1. The van der Waals surface area contributed by atoms with Crippen molar-refractivity contribution in [3.05, 3.63) is 53.2 Å². The lowest BCUT2D eigenvalue weighted by molar-refractivity contribution is 0.102. The van der Waals surface area contributed by atoms with Crippen LogP contribution in [0.5, 0.6) is 0 Å². The third-order valence-corrected chi connectivity index (χ3v) is 5.39. The fourth-order valence-corrected chi connectivity index (χ4v) is 4.06. The van der Waals surface area contributed by atoms with Crippen LogP contribution in [0.15, 0.2) is 30.5 Å². The van der Waals surface area contributed by atoms with Crippen molar-refractivity contribution in [2.24, 2.45) is 0 Å². The van der Waals surface area contributed by atoms with Crippen molar-refractivity contribution in [3.8, 4) is 0 Å². The summed E-state index contributed by atoms with van der Waals surface area (Å²) in [5, 5.41) is 7.28. The number of hydrogen-bond donors (Lipinski definition) is 1. The summed E-state index contributed by atoms with van der Waals surface area (Å²) in [7, 11) is 0. The van der Waals surface area contributed by atoms with Crippen molar-refractivity contribution in [1.82, 2.24) is 24.1 Å². The van der Waals surface area contributed by atoms with Gasteiger partial charge in [-0.3, -0.25) is 4.79 Å². The molecule has 0 saturated carbocycles. The van der Waals surface area contributed by atoms with Gasteiger partial charge in [-0.25, -0.2) is 14.5 Å². The molecule has 0 fully saturated rings. The number of carbonyl (C=O) groups is 1. The van der Waals surface area contributed by atoms with Gasteiger partial charge in [-0.1, -0.05) is 6.42 Å². The van der Waals surface area contributed by atoms with Gasteiger partial charge in [0.2, 0.25) is 0 Å². The predicted octanol–water partition coefficient (Wildman–Crippen LogP) is 3.67. The first kappa shape index (κ1) is 16.9. The highest BCUT2D eigenvalue weighted by atomic mass is 16.1. The molecule has 142 valence electrons. The zero-order chi connectivity index (χ0) is 19.3. The van der Waals surface area contributed by atoms with Gasteiger partial charge >= 0.3 is 0 Å². The second-order valence-electron chi connectivity index (χ2n) is 7.48. The average Bonchev–Trinajstić information content (AvgIpc) is 3.15. The van der Waals surface area contributed by atoms with E-state index in [0.717, 1.165) is 46.9 Å². The molecule has 0 saturated heterocycles. The van der Waals surface area contributed by atoms with Crippen LogP contribution in [-0.4, -0.2) is 30.1 Å². The van der Waals surface area contributed by atoms with Gasteiger partial charge in [-0.05, 0) is 51.0 Å². The number of aryl methyl sites for hydroxylation is 4. The van der Waals surface area contributed by atoms with Crippen LogP contribution in [-0.2, 0) is 13.0 Å². The highest BCUT2D eigenvalue weighted by molar-refractivity contribution is 6.08. The monoisotopic (exact) mass is 374 g/mol. The zero-order valence-electron chi connectivity index (χ0n) is 16.1. The van der Waals surface area contributed by atoms with Gasteiger partial charge in [-0.15, -0.1) is 0 Å². The van der Waals surface area contributed by atoms with Crippen LogP contribution < -0.4 is 5.32 Å². The number of hydrogen-bond acceptors (Lipinski definition) is 4. The van der Waals surface area contributed by atoms with Crippen molar-refractivity contribution in [3.63, 3.8) is 0 Å². The lowest BCUT2D eigenvalue weighted by atomic mass is 10.2. The molecule has 0 atom stereocenters. The summed E-state index contributed by atoms with van der Waals surface area (Å²) in [5.74, 6) is 0.932. The first-order chi connectivity index (χ1) is 13.6. The predicted molar refractivity (Wildman–Crippen MR) is 108 cm³/mol. The first-order valence-electron chi connectivity index (χ1n) is 9.73. The quantitative estimate of drug-likeness (QED) is 0.581. The Morgan fingerprint density at radius 3 is 2.89 bits per heavy atom. The Morgan fingerprint density at radius 1 is 1.11 bits per heavy atom. The Hall–Kier alpha value is -3.22. The summed E-state index contributed by atoms with van der Waals surface area (Å²) >= 11 is 0. The van der Waals surface area contributed by atoms with Crippen molar-refractivity contribution in [2.45, 2.75) is 46.1 Å². The van der Waals surface area contributed by atoms with Crippen LogP contribution in [0.3, 0.4) is 0 Å². The number of aromatic nitrogens is 5. The Morgan fingerprint density at radius 2 is 2.00 bits per heavy atom. The van der Waals surface area contributed by atoms with E-state index in [4.69, 9.17) is 4.98 Å². The molecule has 0 aliphatic carbocycles. The van der Waals surface area contributed by atoms with Gasteiger partial charge in [0.1, 0.15) is 11.4 Å². The van der Waals surface area contributed by atoms with E-state index in [1.165, 1.54) is 19.3 Å². The molecule has 5 rings (SSSR count). The van der Waals surface area contributed by atoms with Gasteiger partial charge in [0.15, 0.2) is 5.65 Å². The van der Waals surface area contributed by atoms with E-state index in [1.807, 2.05) is 32.0 Å². The van der Waals surface area contributed by atoms with E-state index in [2.05, 4.69) is 26.0 Å². The molecule has 1 amide bonds. The molecule has 1 aliphatic heterocycles.